The van der Waals surface area contributed by atoms with E-state index in [0.29, 0.717) is 6.73 Å². The lowest BCUT2D eigenvalue weighted by Crippen LogP contribution is -2.32. The Labute approximate surface area is 58.5 Å². The normalized spacial score (nSPS) is 12.0. The maximum absolute atomic E-state index is 5.39. The minimum absolute atomic E-state index is 0.388. The standard InChI is InChI=1S/C6H17NOSi/c1-4-5-9(2,3)8-6-7/h4-7H2,1-3H3. The Balaban J connectivity index is 3.43. The number of hydrogen-bond donors (Lipinski definition) is 1. The van der Waals surface area contributed by atoms with Gasteiger partial charge in [0.05, 0.1) is 6.73 Å². The lowest BCUT2D eigenvalue weighted by molar-refractivity contribution is 0.318. The summed E-state index contributed by atoms with van der Waals surface area (Å²) in [5.74, 6) is 0. The monoisotopic (exact) mass is 147 g/mol. The molecule has 0 bridgehead atoms. The van der Waals surface area contributed by atoms with Crippen LogP contribution in [0.2, 0.25) is 19.1 Å². The van der Waals surface area contributed by atoms with Crippen LogP contribution in [0.5, 0.6) is 0 Å². The summed E-state index contributed by atoms with van der Waals surface area (Å²) in [6, 6.07) is 1.21. The first kappa shape index (κ1) is 9.14. The van der Waals surface area contributed by atoms with Crippen molar-refractivity contribution in [3.63, 3.8) is 0 Å². The van der Waals surface area contributed by atoms with Crippen LogP contribution in [0.4, 0.5) is 0 Å². The van der Waals surface area contributed by atoms with Crippen molar-refractivity contribution in [3.05, 3.63) is 0 Å². The zero-order valence-corrected chi connectivity index (χ0v) is 7.61. The molecule has 0 saturated carbocycles. The maximum atomic E-state index is 5.39. The first-order valence-corrected chi connectivity index (χ1v) is 6.58. The smallest absolute Gasteiger partial charge is 0.188 e. The quantitative estimate of drug-likeness (QED) is 0.483. The van der Waals surface area contributed by atoms with E-state index in [1.54, 1.807) is 0 Å². The van der Waals surface area contributed by atoms with E-state index in [1.165, 1.54) is 12.5 Å². The van der Waals surface area contributed by atoms with Gasteiger partial charge in [0.15, 0.2) is 8.32 Å². The van der Waals surface area contributed by atoms with Crippen LogP contribution in [0.25, 0.3) is 0 Å². The molecule has 0 spiro atoms. The van der Waals surface area contributed by atoms with Gasteiger partial charge in [0, 0.05) is 0 Å². The Bertz CT molecular complexity index is 67.5. The highest BCUT2D eigenvalue weighted by molar-refractivity contribution is 6.71. The molecule has 0 aliphatic rings. The summed E-state index contributed by atoms with van der Waals surface area (Å²) in [7, 11) is -1.33. The Morgan fingerprint density at radius 2 is 2.00 bits per heavy atom. The van der Waals surface area contributed by atoms with Gasteiger partial charge in [-0.05, 0) is 19.1 Å². The zero-order chi connectivity index (χ0) is 7.33. The molecule has 0 radical (unpaired) electrons. The molecule has 0 unspecified atom stereocenters. The molecule has 3 heteroatoms. The highest BCUT2D eigenvalue weighted by Crippen LogP contribution is 2.11. The number of hydrogen-bond acceptors (Lipinski definition) is 2. The van der Waals surface area contributed by atoms with Crippen molar-refractivity contribution >= 4 is 8.32 Å². The van der Waals surface area contributed by atoms with Gasteiger partial charge < -0.3 is 10.2 Å². The molecule has 0 aromatic carbocycles. The summed E-state index contributed by atoms with van der Waals surface area (Å²) in [4.78, 5) is 0. The second kappa shape index (κ2) is 4.03. The Kier molecular flexibility index (Phi) is 4.09. The third-order valence-electron chi connectivity index (χ3n) is 1.33. The van der Waals surface area contributed by atoms with E-state index in [-0.39, 0.29) is 0 Å². The molecule has 0 fully saturated rings. The number of rotatable bonds is 4. The van der Waals surface area contributed by atoms with Gasteiger partial charge in [0.2, 0.25) is 0 Å². The van der Waals surface area contributed by atoms with Gasteiger partial charge in [0.25, 0.3) is 0 Å². The van der Waals surface area contributed by atoms with Crippen molar-refractivity contribution < 1.29 is 4.43 Å². The van der Waals surface area contributed by atoms with E-state index in [4.69, 9.17) is 10.2 Å². The average Bonchev–Trinajstić information content (AvgIpc) is 1.64. The van der Waals surface area contributed by atoms with Gasteiger partial charge in [-0.2, -0.15) is 0 Å². The van der Waals surface area contributed by atoms with Crippen molar-refractivity contribution in [2.45, 2.75) is 32.5 Å². The predicted octanol–water partition coefficient (Wildman–Crippen LogP) is 1.53. The van der Waals surface area contributed by atoms with Gasteiger partial charge in [0.1, 0.15) is 0 Å². The lowest BCUT2D eigenvalue weighted by atomic mass is 10.6. The second-order valence-electron chi connectivity index (χ2n) is 2.82. The summed E-state index contributed by atoms with van der Waals surface area (Å²) in [5, 5.41) is 0. The van der Waals surface area contributed by atoms with Crippen LogP contribution in [0.15, 0.2) is 0 Å². The predicted molar refractivity (Wildman–Crippen MR) is 42.7 cm³/mol. The van der Waals surface area contributed by atoms with Crippen molar-refractivity contribution in [2.75, 3.05) is 6.73 Å². The van der Waals surface area contributed by atoms with Crippen LogP contribution >= 0.6 is 0 Å². The summed E-state index contributed by atoms with van der Waals surface area (Å²) >= 11 is 0. The van der Waals surface area contributed by atoms with Gasteiger partial charge in [-0.3, -0.25) is 0 Å². The van der Waals surface area contributed by atoms with Gasteiger partial charge in [-0.25, -0.2) is 0 Å². The molecule has 0 aliphatic heterocycles. The van der Waals surface area contributed by atoms with E-state index >= 15 is 0 Å². The molecule has 0 atom stereocenters. The van der Waals surface area contributed by atoms with Crippen LogP contribution in [0, 0.1) is 0 Å². The fourth-order valence-corrected chi connectivity index (χ4v) is 2.70. The van der Waals surface area contributed by atoms with Crippen molar-refractivity contribution in [3.8, 4) is 0 Å². The van der Waals surface area contributed by atoms with E-state index in [9.17, 15) is 0 Å². The molecule has 0 aliphatic carbocycles. The van der Waals surface area contributed by atoms with Crippen LogP contribution in [-0.4, -0.2) is 15.0 Å². The summed E-state index contributed by atoms with van der Waals surface area (Å²) in [6.45, 7) is 6.96. The first-order chi connectivity index (χ1) is 4.12. The highest BCUT2D eigenvalue weighted by atomic mass is 28.4. The van der Waals surface area contributed by atoms with Crippen molar-refractivity contribution in [1.82, 2.24) is 0 Å². The van der Waals surface area contributed by atoms with Crippen molar-refractivity contribution in [2.24, 2.45) is 5.73 Å². The minimum atomic E-state index is -1.33. The molecule has 0 rings (SSSR count). The summed E-state index contributed by atoms with van der Waals surface area (Å²) in [6.07, 6.45) is 1.21. The molecule has 56 valence electrons. The number of nitrogens with two attached hydrogens (primary N) is 1. The molecular weight excluding hydrogens is 130 g/mol. The third kappa shape index (κ3) is 4.63. The molecule has 2 N–H and O–H groups in total. The molecular formula is C6H17NOSi. The van der Waals surface area contributed by atoms with Crippen LogP contribution in [-0.2, 0) is 4.43 Å². The van der Waals surface area contributed by atoms with E-state index < -0.39 is 8.32 Å². The minimum Gasteiger partial charge on any atom is -0.405 e. The molecule has 0 aromatic heterocycles. The van der Waals surface area contributed by atoms with Crippen LogP contribution in [0.3, 0.4) is 0 Å². The molecule has 0 amide bonds. The molecule has 9 heavy (non-hydrogen) atoms. The molecule has 0 saturated heterocycles. The Morgan fingerprint density at radius 3 is 2.33 bits per heavy atom. The highest BCUT2D eigenvalue weighted by Gasteiger charge is 2.19. The topological polar surface area (TPSA) is 35.2 Å². The molecule has 0 aromatic rings. The fraction of sp³-hybridized carbons (Fsp3) is 1.00. The maximum Gasteiger partial charge on any atom is 0.188 e. The molecule has 0 heterocycles. The fourth-order valence-electron chi connectivity index (χ4n) is 0.900. The summed E-state index contributed by atoms with van der Waals surface area (Å²) in [5.41, 5.74) is 5.26. The Morgan fingerprint density at radius 1 is 1.44 bits per heavy atom. The van der Waals surface area contributed by atoms with Crippen LogP contribution < -0.4 is 5.73 Å². The lowest BCUT2D eigenvalue weighted by Gasteiger charge is -2.20. The van der Waals surface area contributed by atoms with Crippen molar-refractivity contribution in [1.29, 1.82) is 0 Å². The third-order valence-corrected chi connectivity index (χ3v) is 3.98. The Hall–Kier alpha value is 0.137. The zero-order valence-electron chi connectivity index (χ0n) is 6.61. The molecule has 2 nitrogen and oxygen atoms in total. The van der Waals surface area contributed by atoms with E-state index in [1.807, 2.05) is 0 Å². The summed E-state index contributed by atoms with van der Waals surface area (Å²) < 4.78 is 5.39. The first-order valence-electron chi connectivity index (χ1n) is 3.46. The van der Waals surface area contributed by atoms with Crippen LogP contribution in [0.1, 0.15) is 13.3 Å². The average molecular weight is 147 g/mol. The van der Waals surface area contributed by atoms with Gasteiger partial charge >= 0.3 is 0 Å². The van der Waals surface area contributed by atoms with Gasteiger partial charge in [-0.15, -0.1) is 0 Å². The second-order valence-corrected chi connectivity index (χ2v) is 7.13. The SMILES string of the molecule is CCC[Si](C)(C)OCN. The van der Waals surface area contributed by atoms with E-state index in [0.717, 1.165) is 0 Å². The van der Waals surface area contributed by atoms with Gasteiger partial charge in [-0.1, -0.05) is 13.3 Å². The largest absolute Gasteiger partial charge is 0.405 e. The van der Waals surface area contributed by atoms with E-state index in [2.05, 4.69) is 20.0 Å².